The van der Waals surface area contributed by atoms with Gasteiger partial charge in [0.2, 0.25) is 17.6 Å². The number of tetrazole rings is 1. The number of benzene rings is 2. The van der Waals surface area contributed by atoms with E-state index in [0.29, 0.717) is 35.1 Å². The van der Waals surface area contributed by atoms with Crippen molar-refractivity contribution in [1.29, 1.82) is 0 Å². The van der Waals surface area contributed by atoms with Gasteiger partial charge in [-0.25, -0.2) is 4.39 Å². The lowest BCUT2D eigenvalue weighted by atomic mass is 10.0. The highest BCUT2D eigenvalue weighted by Gasteiger charge is 2.36. The summed E-state index contributed by atoms with van der Waals surface area (Å²) in [6.07, 6.45) is 5.31. The van der Waals surface area contributed by atoms with Crippen molar-refractivity contribution < 1.29 is 28.2 Å². The van der Waals surface area contributed by atoms with E-state index >= 15 is 0 Å². The molecule has 2 heterocycles. The van der Waals surface area contributed by atoms with Gasteiger partial charge in [0.25, 0.3) is 0 Å². The van der Waals surface area contributed by atoms with Crippen molar-refractivity contribution in [3.05, 3.63) is 53.8 Å². The van der Waals surface area contributed by atoms with Gasteiger partial charge in [-0.15, -0.1) is 10.2 Å². The monoisotopic (exact) mass is 566 g/mol. The molecule has 41 heavy (non-hydrogen) atoms. The third kappa shape index (κ3) is 6.82. The number of amides is 2. The summed E-state index contributed by atoms with van der Waals surface area (Å²) in [5.74, 6) is 0.274. The minimum Gasteiger partial charge on any atom is -0.493 e. The van der Waals surface area contributed by atoms with E-state index in [-0.39, 0.29) is 37.0 Å². The largest absolute Gasteiger partial charge is 0.493 e. The van der Waals surface area contributed by atoms with Gasteiger partial charge in [-0.1, -0.05) is 25.0 Å². The fourth-order valence-corrected chi connectivity index (χ4v) is 5.44. The molecule has 2 aliphatic rings. The van der Waals surface area contributed by atoms with Crippen LogP contribution in [0.5, 0.6) is 11.5 Å². The van der Waals surface area contributed by atoms with Crippen LogP contribution in [0.15, 0.2) is 42.5 Å². The lowest BCUT2D eigenvalue weighted by Crippen LogP contribution is -2.49. The zero-order chi connectivity index (χ0) is 28.8. The van der Waals surface area contributed by atoms with E-state index in [2.05, 4.69) is 20.7 Å². The first-order valence-electron chi connectivity index (χ1n) is 13.9. The molecule has 2 amide bonds. The van der Waals surface area contributed by atoms with Crippen molar-refractivity contribution in [3.8, 4) is 22.9 Å². The van der Waals surface area contributed by atoms with Crippen molar-refractivity contribution in [2.75, 3.05) is 27.4 Å². The standard InChI is InChI=1S/C29H35FN6O5/c1-39-24-14-11-20(16-25(24)40-2)28-32-34-36(33-28)18-26(37)35(17-23-8-5-15-41-23)27(19-9-12-21(30)13-10-19)29(38)31-22-6-3-4-7-22/h9-14,16,22-23,27H,3-8,15,17-18H2,1-2H3,(H,31,38)/t23-,27-/m0/s1. The number of hydrogen-bond acceptors (Lipinski definition) is 8. The van der Waals surface area contributed by atoms with E-state index in [4.69, 9.17) is 14.2 Å². The maximum atomic E-state index is 13.9. The molecule has 11 nitrogen and oxygen atoms in total. The van der Waals surface area contributed by atoms with Crippen LogP contribution >= 0.6 is 0 Å². The average Bonchev–Trinajstić information content (AvgIpc) is 3.77. The van der Waals surface area contributed by atoms with Crippen molar-refractivity contribution >= 4 is 11.8 Å². The van der Waals surface area contributed by atoms with Gasteiger partial charge in [-0.2, -0.15) is 4.80 Å². The van der Waals surface area contributed by atoms with E-state index in [1.807, 2.05) is 0 Å². The molecule has 12 heteroatoms. The normalized spacial score (nSPS) is 17.8. The molecule has 218 valence electrons. The van der Waals surface area contributed by atoms with E-state index in [1.54, 1.807) is 37.4 Å². The van der Waals surface area contributed by atoms with Crippen molar-refractivity contribution in [3.63, 3.8) is 0 Å². The molecule has 5 rings (SSSR count). The van der Waals surface area contributed by atoms with Crippen LogP contribution in [0.2, 0.25) is 0 Å². The fraction of sp³-hybridized carbons (Fsp3) is 0.483. The van der Waals surface area contributed by atoms with Gasteiger partial charge >= 0.3 is 0 Å². The van der Waals surface area contributed by atoms with E-state index in [0.717, 1.165) is 38.5 Å². The summed E-state index contributed by atoms with van der Waals surface area (Å²) >= 11 is 0. The highest BCUT2D eigenvalue weighted by Crippen LogP contribution is 2.31. The Hall–Kier alpha value is -4.06. The number of aromatic nitrogens is 4. The lowest BCUT2D eigenvalue weighted by molar-refractivity contribution is -0.143. The highest BCUT2D eigenvalue weighted by molar-refractivity contribution is 5.89. The van der Waals surface area contributed by atoms with Crippen LogP contribution in [-0.4, -0.2) is 76.4 Å². The topological polar surface area (TPSA) is 121 Å². The first kappa shape index (κ1) is 28.5. The molecular weight excluding hydrogens is 531 g/mol. The second-order valence-electron chi connectivity index (χ2n) is 10.3. The molecule has 1 aromatic heterocycles. The van der Waals surface area contributed by atoms with Crippen LogP contribution in [0.25, 0.3) is 11.4 Å². The average molecular weight is 567 g/mol. The molecule has 1 N–H and O–H groups in total. The van der Waals surface area contributed by atoms with Crippen molar-refractivity contribution in [1.82, 2.24) is 30.4 Å². The molecule has 2 atom stereocenters. The summed E-state index contributed by atoms with van der Waals surface area (Å²) in [4.78, 5) is 30.4. The first-order valence-corrected chi connectivity index (χ1v) is 13.9. The van der Waals surface area contributed by atoms with Crippen LogP contribution in [0, 0.1) is 5.82 Å². The first-order chi connectivity index (χ1) is 19.9. The number of hydrogen-bond donors (Lipinski definition) is 1. The van der Waals surface area contributed by atoms with Crippen LogP contribution in [0.4, 0.5) is 4.39 Å². The van der Waals surface area contributed by atoms with Crippen LogP contribution in [-0.2, 0) is 20.9 Å². The maximum Gasteiger partial charge on any atom is 0.247 e. The van der Waals surface area contributed by atoms with E-state index in [1.165, 1.54) is 28.9 Å². The summed E-state index contributed by atoms with van der Waals surface area (Å²) in [6.45, 7) is 0.555. The van der Waals surface area contributed by atoms with Gasteiger partial charge in [-0.3, -0.25) is 9.59 Å². The molecule has 1 aliphatic heterocycles. The van der Waals surface area contributed by atoms with Gasteiger partial charge in [-0.05, 0) is 66.8 Å². The second-order valence-corrected chi connectivity index (χ2v) is 10.3. The Morgan fingerprint density at radius 1 is 1.07 bits per heavy atom. The van der Waals surface area contributed by atoms with Crippen LogP contribution in [0.1, 0.15) is 50.1 Å². The molecule has 2 fully saturated rings. The number of carbonyl (C=O) groups is 2. The summed E-state index contributed by atoms with van der Waals surface area (Å²) < 4.78 is 30.3. The lowest BCUT2D eigenvalue weighted by Gasteiger charge is -2.33. The second kappa shape index (κ2) is 13.1. The number of nitrogens with one attached hydrogen (secondary N) is 1. The molecule has 2 aromatic carbocycles. The Morgan fingerprint density at radius 3 is 2.51 bits per heavy atom. The zero-order valence-electron chi connectivity index (χ0n) is 23.3. The Morgan fingerprint density at radius 2 is 1.83 bits per heavy atom. The number of methoxy groups -OCH3 is 2. The van der Waals surface area contributed by atoms with Crippen molar-refractivity contribution in [2.45, 2.75) is 63.3 Å². The summed E-state index contributed by atoms with van der Waals surface area (Å²) in [5, 5.41) is 15.7. The predicted octanol–water partition coefficient (Wildman–Crippen LogP) is 3.30. The molecule has 0 spiro atoms. The van der Waals surface area contributed by atoms with E-state index in [9.17, 15) is 14.0 Å². The van der Waals surface area contributed by atoms with Crippen LogP contribution < -0.4 is 14.8 Å². The molecule has 0 unspecified atom stereocenters. The summed E-state index contributed by atoms with van der Waals surface area (Å²) in [6, 6.07) is 10.0. The molecular formula is C29H35FN6O5. The zero-order valence-corrected chi connectivity index (χ0v) is 23.3. The highest BCUT2D eigenvalue weighted by atomic mass is 19.1. The van der Waals surface area contributed by atoms with Gasteiger partial charge < -0.3 is 24.4 Å². The minimum absolute atomic E-state index is 0.0474. The molecule has 0 bridgehead atoms. The number of ether oxygens (including phenoxy) is 3. The molecule has 3 aromatic rings. The minimum atomic E-state index is -0.971. The van der Waals surface area contributed by atoms with Crippen LogP contribution in [0.3, 0.4) is 0 Å². The maximum absolute atomic E-state index is 13.9. The third-order valence-electron chi connectivity index (χ3n) is 7.56. The van der Waals surface area contributed by atoms with Crippen molar-refractivity contribution in [2.24, 2.45) is 0 Å². The molecule has 1 saturated carbocycles. The molecule has 1 saturated heterocycles. The Labute approximate surface area is 237 Å². The van der Waals surface area contributed by atoms with E-state index < -0.39 is 11.9 Å². The van der Waals surface area contributed by atoms with Gasteiger partial charge in [0.05, 0.1) is 20.3 Å². The Bertz CT molecular complexity index is 1340. The predicted molar refractivity (Wildman–Crippen MR) is 147 cm³/mol. The Kier molecular flexibility index (Phi) is 9.07. The summed E-state index contributed by atoms with van der Waals surface area (Å²) in [7, 11) is 3.08. The molecule has 1 aliphatic carbocycles. The quantitative estimate of drug-likeness (QED) is 0.375. The SMILES string of the molecule is COc1ccc(-c2nnn(CC(=O)N(C[C@@H]3CCCO3)[C@H](C(=O)NC3CCCC3)c3ccc(F)cc3)n2)cc1OC. The van der Waals surface area contributed by atoms with Gasteiger partial charge in [0, 0.05) is 24.8 Å². The Balaban J connectivity index is 1.41. The fourth-order valence-electron chi connectivity index (χ4n) is 5.44. The number of halogens is 1. The van der Waals surface area contributed by atoms with Gasteiger partial charge in [0.1, 0.15) is 18.4 Å². The third-order valence-corrected chi connectivity index (χ3v) is 7.56. The number of rotatable bonds is 11. The number of carbonyl (C=O) groups excluding carboxylic acids is 2. The van der Waals surface area contributed by atoms with Gasteiger partial charge in [0.15, 0.2) is 11.5 Å². The molecule has 0 radical (unpaired) electrons. The summed E-state index contributed by atoms with van der Waals surface area (Å²) in [5.41, 5.74) is 1.16. The smallest absolute Gasteiger partial charge is 0.247 e. The number of nitrogens with zero attached hydrogens (tertiary/aromatic N) is 5.